The van der Waals surface area contributed by atoms with Gasteiger partial charge in [0, 0.05) is 31.7 Å². The Morgan fingerprint density at radius 2 is 1.57 bits per heavy atom. The van der Waals surface area contributed by atoms with E-state index in [9.17, 15) is 19.5 Å². The Morgan fingerprint density at radius 3 is 2.25 bits per heavy atom. The molecular formula is C21H21N2O5-. The summed E-state index contributed by atoms with van der Waals surface area (Å²) in [5, 5.41) is 11.0. The molecular weight excluding hydrogens is 360 g/mol. The summed E-state index contributed by atoms with van der Waals surface area (Å²) in [4.78, 5) is 39.2. The lowest BCUT2D eigenvalue weighted by molar-refractivity contribution is -0.255. The first-order valence-electron chi connectivity index (χ1n) is 9.02. The summed E-state index contributed by atoms with van der Waals surface area (Å²) < 4.78 is 5.60. The summed E-state index contributed by atoms with van der Waals surface area (Å²) in [6.07, 6.45) is 0. The van der Waals surface area contributed by atoms with Crippen molar-refractivity contribution in [1.82, 2.24) is 9.80 Å². The van der Waals surface area contributed by atoms with Crippen LogP contribution in [0.25, 0.3) is 0 Å². The summed E-state index contributed by atoms with van der Waals surface area (Å²) in [6, 6.07) is 13.3. The molecule has 0 atom stereocenters. The summed E-state index contributed by atoms with van der Waals surface area (Å²) in [6.45, 7) is 3.44. The minimum Gasteiger partial charge on any atom is -0.545 e. The molecule has 0 bridgehead atoms. The van der Waals surface area contributed by atoms with E-state index in [-0.39, 0.29) is 24.0 Å². The van der Waals surface area contributed by atoms with Crippen LogP contribution in [0, 0.1) is 6.92 Å². The van der Waals surface area contributed by atoms with Crippen molar-refractivity contribution in [3.63, 3.8) is 0 Å². The number of carbonyl (C=O) groups excluding carboxylic acids is 3. The van der Waals surface area contributed by atoms with Gasteiger partial charge in [-0.25, -0.2) is 0 Å². The van der Waals surface area contributed by atoms with E-state index in [2.05, 4.69) is 0 Å². The summed E-state index contributed by atoms with van der Waals surface area (Å²) in [7, 11) is 0. The zero-order chi connectivity index (χ0) is 20.1. The van der Waals surface area contributed by atoms with Gasteiger partial charge in [-0.05, 0) is 36.2 Å². The average molecular weight is 381 g/mol. The number of carbonyl (C=O) groups is 3. The molecule has 1 aliphatic heterocycles. The van der Waals surface area contributed by atoms with E-state index in [0.717, 1.165) is 5.56 Å². The van der Waals surface area contributed by atoms with Crippen LogP contribution in [0.3, 0.4) is 0 Å². The zero-order valence-corrected chi connectivity index (χ0v) is 15.6. The van der Waals surface area contributed by atoms with Crippen LogP contribution >= 0.6 is 0 Å². The van der Waals surface area contributed by atoms with Crippen molar-refractivity contribution in [2.24, 2.45) is 0 Å². The van der Waals surface area contributed by atoms with Crippen LogP contribution in [0.15, 0.2) is 48.5 Å². The SMILES string of the molecule is Cc1ccccc1OCC(=O)N1CCN(C(=O)c2cccc(C(=O)[O-])c2)CC1. The van der Waals surface area contributed by atoms with E-state index in [1.165, 1.54) is 18.2 Å². The Labute approximate surface area is 163 Å². The molecule has 2 aromatic rings. The molecule has 1 saturated heterocycles. The molecule has 0 aromatic heterocycles. The number of nitrogens with zero attached hydrogens (tertiary/aromatic N) is 2. The maximum atomic E-state index is 12.6. The third kappa shape index (κ3) is 4.49. The average Bonchev–Trinajstić information content (AvgIpc) is 2.72. The van der Waals surface area contributed by atoms with Gasteiger partial charge in [-0.2, -0.15) is 0 Å². The highest BCUT2D eigenvalue weighted by Crippen LogP contribution is 2.16. The molecule has 2 aromatic carbocycles. The first-order valence-corrected chi connectivity index (χ1v) is 9.02. The number of rotatable bonds is 5. The molecule has 7 nitrogen and oxygen atoms in total. The number of carboxylic acids is 1. The fourth-order valence-corrected chi connectivity index (χ4v) is 3.07. The number of aromatic carboxylic acids is 1. The molecule has 0 saturated carbocycles. The van der Waals surface area contributed by atoms with Crippen LogP contribution in [0.5, 0.6) is 5.75 Å². The Kier molecular flexibility index (Phi) is 5.93. The number of ether oxygens (including phenoxy) is 1. The molecule has 1 heterocycles. The van der Waals surface area contributed by atoms with Gasteiger partial charge in [0.15, 0.2) is 6.61 Å². The molecule has 28 heavy (non-hydrogen) atoms. The van der Waals surface area contributed by atoms with Crippen molar-refractivity contribution in [2.75, 3.05) is 32.8 Å². The second-order valence-electron chi connectivity index (χ2n) is 6.60. The molecule has 0 radical (unpaired) electrons. The number of para-hydroxylation sites is 1. The first-order chi connectivity index (χ1) is 13.5. The van der Waals surface area contributed by atoms with E-state index >= 15 is 0 Å². The van der Waals surface area contributed by atoms with Gasteiger partial charge in [-0.15, -0.1) is 0 Å². The van der Waals surface area contributed by atoms with Gasteiger partial charge in [0.1, 0.15) is 5.75 Å². The Hall–Kier alpha value is -3.35. The van der Waals surface area contributed by atoms with E-state index < -0.39 is 5.97 Å². The zero-order valence-electron chi connectivity index (χ0n) is 15.6. The smallest absolute Gasteiger partial charge is 0.260 e. The van der Waals surface area contributed by atoms with Gasteiger partial charge in [0.05, 0.1) is 5.97 Å². The number of hydrogen-bond acceptors (Lipinski definition) is 5. The lowest BCUT2D eigenvalue weighted by Crippen LogP contribution is -2.51. The van der Waals surface area contributed by atoms with E-state index in [1.54, 1.807) is 15.9 Å². The third-order valence-electron chi connectivity index (χ3n) is 4.71. The predicted molar refractivity (Wildman–Crippen MR) is 99.9 cm³/mol. The minimum absolute atomic E-state index is 0.0342. The molecule has 2 amide bonds. The summed E-state index contributed by atoms with van der Waals surface area (Å²) >= 11 is 0. The second kappa shape index (κ2) is 8.56. The number of benzene rings is 2. The van der Waals surface area contributed by atoms with Crippen LogP contribution in [-0.2, 0) is 4.79 Å². The van der Waals surface area contributed by atoms with Crippen molar-refractivity contribution in [3.05, 3.63) is 65.2 Å². The molecule has 0 N–H and O–H groups in total. The van der Waals surface area contributed by atoms with Crippen LogP contribution in [0.4, 0.5) is 0 Å². The lowest BCUT2D eigenvalue weighted by Gasteiger charge is -2.34. The fourth-order valence-electron chi connectivity index (χ4n) is 3.07. The van der Waals surface area contributed by atoms with Crippen molar-refractivity contribution >= 4 is 17.8 Å². The minimum atomic E-state index is -1.32. The third-order valence-corrected chi connectivity index (χ3v) is 4.71. The predicted octanol–water partition coefficient (Wildman–Crippen LogP) is 0.722. The summed E-state index contributed by atoms with van der Waals surface area (Å²) in [5.41, 5.74) is 1.22. The number of hydrogen-bond donors (Lipinski definition) is 0. The normalized spacial score (nSPS) is 13.9. The van der Waals surface area contributed by atoms with Gasteiger partial charge in [-0.3, -0.25) is 9.59 Å². The number of piperazine rings is 1. The highest BCUT2D eigenvalue weighted by atomic mass is 16.5. The Balaban J connectivity index is 1.53. The number of amides is 2. The van der Waals surface area contributed by atoms with Crippen LogP contribution in [-0.4, -0.2) is 60.4 Å². The van der Waals surface area contributed by atoms with Crippen molar-refractivity contribution < 1.29 is 24.2 Å². The maximum Gasteiger partial charge on any atom is 0.260 e. The van der Waals surface area contributed by atoms with E-state index in [1.807, 2.05) is 31.2 Å². The molecule has 0 aliphatic carbocycles. The molecule has 1 fully saturated rings. The molecule has 1 aliphatic rings. The number of aryl methyl sites for hydroxylation is 1. The van der Waals surface area contributed by atoms with Gasteiger partial charge < -0.3 is 24.4 Å². The Bertz CT molecular complexity index is 888. The van der Waals surface area contributed by atoms with Gasteiger partial charge >= 0.3 is 0 Å². The second-order valence-corrected chi connectivity index (χ2v) is 6.60. The standard InChI is InChI=1S/C21H22N2O5/c1-15-5-2-3-8-18(15)28-14-19(24)22-9-11-23(12-10-22)20(25)16-6-4-7-17(13-16)21(26)27/h2-8,13H,9-12,14H2,1H3,(H,26,27)/p-1. The van der Waals surface area contributed by atoms with Crippen LogP contribution < -0.4 is 9.84 Å². The van der Waals surface area contributed by atoms with Gasteiger partial charge in [-0.1, -0.05) is 30.3 Å². The van der Waals surface area contributed by atoms with Crippen molar-refractivity contribution in [1.29, 1.82) is 0 Å². The molecule has 146 valence electrons. The fraction of sp³-hybridized carbons (Fsp3) is 0.286. The monoisotopic (exact) mass is 381 g/mol. The maximum absolute atomic E-state index is 12.6. The van der Waals surface area contributed by atoms with Crippen LogP contribution in [0.2, 0.25) is 0 Å². The van der Waals surface area contributed by atoms with Crippen molar-refractivity contribution in [2.45, 2.75) is 6.92 Å². The number of carboxylic acid groups (broad SMARTS) is 1. The highest BCUT2D eigenvalue weighted by molar-refractivity contribution is 5.97. The van der Waals surface area contributed by atoms with Gasteiger partial charge in [0.25, 0.3) is 11.8 Å². The quantitative estimate of drug-likeness (QED) is 0.761. The van der Waals surface area contributed by atoms with Crippen LogP contribution in [0.1, 0.15) is 26.3 Å². The topological polar surface area (TPSA) is 90.0 Å². The highest BCUT2D eigenvalue weighted by Gasteiger charge is 2.25. The Morgan fingerprint density at radius 1 is 0.929 bits per heavy atom. The van der Waals surface area contributed by atoms with Crippen molar-refractivity contribution in [3.8, 4) is 5.75 Å². The molecule has 0 unspecified atom stereocenters. The lowest BCUT2D eigenvalue weighted by atomic mass is 10.1. The van der Waals surface area contributed by atoms with Gasteiger partial charge in [0.2, 0.25) is 0 Å². The van der Waals surface area contributed by atoms with E-state index in [0.29, 0.717) is 37.5 Å². The molecule has 3 rings (SSSR count). The molecule has 0 spiro atoms. The molecule has 7 heteroatoms. The van der Waals surface area contributed by atoms with E-state index in [4.69, 9.17) is 4.74 Å². The first kappa shape index (κ1) is 19.4. The summed E-state index contributed by atoms with van der Waals surface area (Å²) in [5.74, 6) is -1.03. The largest absolute Gasteiger partial charge is 0.545 e.